The summed E-state index contributed by atoms with van der Waals surface area (Å²) < 4.78 is 0. The van der Waals surface area contributed by atoms with E-state index in [9.17, 15) is 0 Å². The van der Waals surface area contributed by atoms with Gasteiger partial charge < -0.3 is 10.2 Å². The van der Waals surface area contributed by atoms with Gasteiger partial charge in [0.1, 0.15) is 0 Å². The third-order valence-electron chi connectivity index (χ3n) is 3.73. The van der Waals surface area contributed by atoms with Gasteiger partial charge in [0, 0.05) is 12.1 Å². The van der Waals surface area contributed by atoms with Crippen molar-refractivity contribution < 1.29 is 0 Å². The van der Waals surface area contributed by atoms with Crippen molar-refractivity contribution in [3.05, 3.63) is 0 Å². The van der Waals surface area contributed by atoms with Crippen molar-refractivity contribution in [2.45, 2.75) is 59.4 Å². The standard InChI is InChI=1S/C14H30N2/c1-6-14(5)12-16(10-7-9-15-14)11-8-13(2,3)4/h15H,6-12H2,1-5H3. The van der Waals surface area contributed by atoms with E-state index in [-0.39, 0.29) is 0 Å². The van der Waals surface area contributed by atoms with E-state index < -0.39 is 0 Å². The molecule has 2 nitrogen and oxygen atoms in total. The van der Waals surface area contributed by atoms with Crippen molar-refractivity contribution in [1.82, 2.24) is 10.2 Å². The third-order valence-corrected chi connectivity index (χ3v) is 3.73. The highest BCUT2D eigenvalue weighted by Gasteiger charge is 2.27. The van der Waals surface area contributed by atoms with Crippen LogP contribution in [-0.4, -0.2) is 36.6 Å². The molecular formula is C14H30N2. The molecule has 1 atom stereocenters. The van der Waals surface area contributed by atoms with Gasteiger partial charge in [-0.15, -0.1) is 0 Å². The van der Waals surface area contributed by atoms with E-state index in [1.54, 1.807) is 0 Å². The van der Waals surface area contributed by atoms with E-state index in [0.717, 1.165) is 0 Å². The Balaban J connectivity index is 2.46. The first-order valence-corrected chi connectivity index (χ1v) is 6.82. The lowest BCUT2D eigenvalue weighted by Gasteiger charge is -2.34. The fraction of sp³-hybridized carbons (Fsp3) is 1.00. The molecule has 2 heteroatoms. The van der Waals surface area contributed by atoms with Crippen molar-refractivity contribution in [3.8, 4) is 0 Å². The van der Waals surface area contributed by atoms with Crippen molar-refractivity contribution >= 4 is 0 Å². The normalized spacial score (nSPS) is 29.1. The van der Waals surface area contributed by atoms with Crippen molar-refractivity contribution in [2.24, 2.45) is 5.41 Å². The lowest BCUT2D eigenvalue weighted by Crippen LogP contribution is -2.48. The van der Waals surface area contributed by atoms with Crippen LogP contribution in [0.2, 0.25) is 0 Å². The quantitative estimate of drug-likeness (QED) is 0.796. The Bertz CT molecular complexity index is 207. The summed E-state index contributed by atoms with van der Waals surface area (Å²) in [5.74, 6) is 0. The first kappa shape index (κ1) is 14.0. The smallest absolute Gasteiger partial charge is 0.0277 e. The zero-order chi connectivity index (χ0) is 12.2. The summed E-state index contributed by atoms with van der Waals surface area (Å²) in [6.07, 6.45) is 3.81. The van der Waals surface area contributed by atoms with Crippen molar-refractivity contribution in [3.63, 3.8) is 0 Å². The minimum atomic E-state index is 0.328. The lowest BCUT2D eigenvalue weighted by molar-refractivity contribution is 0.189. The molecule has 1 aliphatic rings. The molecular weight excluding hydrogens is 196 g/mol. The highest BCUT2D eigenvalue weighted by atomic mass is 15.2. The summed E-state index contributed by atoms with van der Waals surface area (Å²) in [7, 11) is 0. The van der Waals surface area contributed by atoms with Gasteiger partial charge in [-0.3, -0.25) is 0 Å². The fourth-order valence-electron chi connectivity index (χ4n) is 2.24. The van der Waals surface area contributed by atoms with Crippen LogP contribution >= 0.6 is 0 Å². The highest BCUT2D eigenvalue weighted by molar-refractivity contribution is 4.88. The van der Waals surface area contributed by atoms with E-state index in [4.69, 9.17) is 0 Å². The van der Waals surface area contributed by atoms with E-state index in [0.29, 0.717) is 11.0 Å². The molecule has 1 saturated heterocycles. The van der Waals surface area contributed by atoms with Gasteiger partial charge in [-0.05, 0) is 51.2 Å². The summed E-state index contributed by atoms with van der Waals surface area (Å²) in [4.78, 5) is 2.65. The molecule has 0 saturated carbocycles. The minimum absolute atomic E-state index is 0.328. The zero-order valence-corrected chi connectivity index (χ0v) is 11.9. The molecule has 0 aromatic rings. The Labute approximate surface area is 102 Å². The summed E-state index contributed by atoms with van der Waals surface area (Å²) in [6, 6.07) is 0. The van der Waals surface area contributed by atoms with E-state index >= 15 is 0 Å². The van der Waals surface area contributed by atoms with Gasteiger partial charge in [-0.2, -0.15) is 0 Å². The SMILES string of the molecule is CCC1(C)CN(CCC(C)(C)C)CCCN1. The van der Waals surface area contributed by atoms with Crippen LogP contribution < -0.4 is 5.32 Å². The second kappa shape index (κ2) is 5.50. The maximum absolute atomic E-state index is 3.69. The van der Waals surface area contributed by atoms with E-state index in [2.05, 4.69) is 44.8 Å². The van der Waals surface area contributed by atoms with E-state index in [1.807, 2.05) is 0 Å². The molecule has 1 rings (SSSR count). The van der Waals surface area contributed by atoms with Crippen LogP contribution in [0.3, 0.4) is 0 Å². The summed E-state index contributed by atoms with van der Waals surface area (Å²) in [5, 5.41) is 3.69. The van der Waals surface area contributed by atoms with Gasteiger partial charge >= 0.3 is 0 Å². The average molecular weight is 226 g/mol. The molecule has 0 aliphatic carbocycles. The average Bonchev–Trinajstić information content (AvgIpc) is 2.37. The Morgan fingerprint density at radius 3 is 2.56 bits per heavy atom. The maximum Gasteiger partial charge on any atom is 0.0277 e. The molecule has 0 aromatic carbocycles. The van der Waals surface area contributed by atoms with Gasteiger partial charge in [0.05, 0.1) is 0 Å². The first-order valence-electron chi connectivity index (χ1n) is 6.82. The molecule has 0 aromatic heterocycles. The zero-order valence-electron chi connectivity index (χ0n) is 11.9. The minimum Gasteiger partial charge on any atom is -0.310 e. The second-order valence-corrected chi connectivity index (χ2v) is 6.78. The van der Waals surface area contributed by atoms with Crippen molar-refractivity contribution in [1.29, 1.82) is 0 Å². The molecule has 1 heterocycles. The molecule has 1 aliphatic heterocycles. The second-order valence-electron chi connectivity index (χ2n) is 6.78. The molecule has 16 heavy (non-hydrogen) atoms. The van der Waals surface area contributed by atoms with Crippen LogP contribution in [0.15, 0.2) is 0 Å². The first-order chi connectivity index (χ1) is 7.35. The lowest BCUT2D eigenvalue weighted by atomic mass is 9.91. The number of hydrogen-bond donors (Lipinski definition) is 1. The summed E-state index contributed by atoms with van der Waals surface area (Å²) >= 11 is 0. The van der Waals surface area contributed by atoms with Crippen LogP contribution in [0.25, 0.3) is 0 Å². The van der Waals surface area contributed by atoms with Gasteiger partial charge in [0.2, 0.25) is 0 Å². The molecule has 0 spiro atoms. The van der Waals surface area contributed by atoms with Crippen LogP contribution in [0.5, 0.6) is 0 Å². The fourth-order valence-corrected chi connectivity index (χ4v) is 2.24. The summed E-state index contributed by atoms with van der Waals surface area (Å²) in [5.41, 5.74) is 0.788. The number of nitrogens with one attached hydrogen (secondary N) is 1. The van der Waals surface area contributed by atoms with Crippen LogP contribution in [0, 0.1) is 5.41 Å². The topological polar surface area (TPSA) is 15.3 Å². The van der Waals surface area contributed by atoms with Gasteiger partial charge in [-0.1, -0.05) is 27.7 Å². The number of nitrogens with zero attached hydrogens (tertiary/aromatic N) is 1. The molecule has 0 bridgehead atoms. The molecule has 0 amide bonds. The van der Waals surface area contributed by atoms with Crippen LogP contribution in [0.4, 0.5) is 0 Å². The largest absolute Gasteiger partial charge is 0.310 e. The van der Waals surface area contributed by atoms with Crippen molar-refractivity contribution in [2.75, 3.05) is 26.2 Å². The van der Waals surface area contributed by atoms with Crippen LogP contribution in [0.1, 0.15) is 53.9 Å². The molecule has 0 radical (unpaired) electrons. The maximum atomic E-state index is 3.69. The predicted octanol–water partition coefficient (Wildman–Crippen LogP) is 2.89. The monoisotopic (exact) mass is 226 g/mol. The van der Waals surface area contributed by atoms with Crippen LogP contribution in [-0.2, 0) is 0 Å². The number of hydrogen-bond acceptors (Lipinski definition) is 2. The predicted molar refractivity (Wildman–Crippen MR) is 71.8 cm³/mol. The Kier molecular flexibility index (Phi) is 4.81. The van der Waals surface area contributed by atoms with E-state index in [1.165, 1.54) is 45.4 Å². The molecule has 1 unspecified atom stereocenters. The number of rotatable bonds is 3. The highest BCUT2D eigenvalue weighted by Crippen LogP contribution is 2.21. The van der Waals surface area contributed by atoms with Gasteiger partial charge in [0.25, 0.3) is 0 Å². The Morgan fingerprint density at radius 2 is 2.00 bits per heavy atom. The molecule has 1 N–H and O–H groups in total. The van der Waals surface area contributed by atoms with Gasteiger partial charge in [0.15, 0.2) is 0 Å². The Hall–Kier alpha value is -0.0800. The molecule has 96 valence electrons. The Morgan fingerprint density at radius 1 is 1.31 bits per heavy atom. The third kappa shape index (κ3) is 4.84. The van der Waals surface area contributed by atoms with Gasteiger partial charge in [-0.25, -0.2) is 0 Å². The molecule has 1 fully saturated rings. The summed E-state index contributed by atoms with van der Waals surface area (Å²) in [6.45, 7) is 16.6.